The van der Waals surface area contributed by atoms with Crippen LogP contribution in [0.3, 0.4) is 0 Å². The van der Waals surface area contributed by atoms with E-state index in [1.807, 2.05) is 12.1 Å². The second-order valence-corrected chi connectivity index (χ2v) is 5.19. The monoisotopic (exact) mass is 264 g/mol. The maximum absolute atomic E-state index is 8.98. The van der Waals surface area contributed by atoms with Gasteiger partial charge in [0.2, 0.25) is 0 Å². The van der Waals surface area contributed by atoms with E-state index in [1.54, 1.807) is 6.07 Å². The Morgan fingerprint density at radius 1 is 1.20 bits per heavy atom. The molecule has 1 aliphatic heterocycles. The van der Waals surface area contributed by atoms with E-state index >= 15 is 0 Å². The normalized spacial score (nSPS) is 16.6. The zero-order valence-electron chi connectivity index (χ0n) is 11.6. The molecule has 0 aromatic heterocycles. The first-order chi connectivity index (χ1) is 9.67. The highest BCUT2D eigenvalue weighted by Crippen LogP contribution is 2.35. The molecule has 3 rings (SSSR count). The number of aryl methyl sites for hydroxylation is 2. The molecular formula is C17H16N2O. The van der Waals surface area contributed by atoms with Crippen molar-refractivity contribution < 1.29 is 4.74 Å². The second kappa shape index (κ2) is 4.90. The molecule has 2 aromatic rings. The van der Waals surface area contributed by atoms with Crippen LogP contribution < -0.4 is 10.1 Å². The Morgan fingerprint density at radius 3 is 2.85 bits per heavy atom. The van der Waals surface area contributed by atoms with Gasteiger partial charge in [0, 0.05) is 0 Å². The third kappa shape index (κ3) is 2.21. The molecular weight excluding hydrogens is 248 g/mol. The number of rotatable bonds is 1. The minimum atomic E-state index is 0.122. The molecule has 2 aromatic carbocycles. The van der Waals surface area contributed by atoms with E-state index in [1.165, 1.54) is 16.7 Å². The summed E-state index contributed by atoms with van der Waals surface area (Å²) in [7, 11) is 0. The third-order valence-corrected chi connectivity index (χ3v) is 3.65. The number of benzene rings is 2. The molecule has 100 valence electrons. The van der Waals surface area contributed by atoms with Gasteiger partial charge >= 0.3 is 0 Å². The van der Waals surface area contributed by atoms with Gasteiger partial charge in [-0.2, -0.15) is 5.26 Å². The predicted molar refractivity (Wildman–Crippen MR) is 78.9 cm³/mol. The van der Waals surface area contributed by atoms with Crippen LogP contribution in [0.5, 0.6) is 5.75 Å². The summed E-state index contributed by atoms with van der Waals surface area (Å²) < 4.78 is 5.81. The van der Waals surface area contributed by atoms with Crippen molar-refractivity contribution in [2.24, 2.45) is 0 Å². The van der Waals surface area contributed by atoms with Gasteiger partial charge in [0.25, 0.3) is 0 Å². The van der Waals surface area contributed by atoms with Crippen molar-refractivity contribution in [2.45, 2.75) is 19.9 Å². The first-order valence-corrected chi connectivity index (χ1v) is 6.68. The average Bonchev–Trinajstić information content (AvgIpc) is 2.48. The van der Waals surface area contributed by atoms with Crippen LogP contribution in [0.2, 0.25) is 0 Å². The Morgan fingerprint density at radius 2 is 2.05 bits per heavy atom. The van der Waals surface area contributed by atoms with Crippen LogP contribution >= 0.6 is 0 Å². The lowest BCUT2D eigenvalue weighted by atomic mass is 9.98. The zero-order chi connectivity index (χ0) is 14.1. The van der Waals surface area contributed by atoms with E-state index in [2.05, 4.69) is 43.4 Å². The number of nitrogens with zero attached hydrogens (tertiary/aromatic N) is 1. The van der Waals surface area contributed by atoms with Gasteiger partial charge < -0.3 is 10.1 Å². The molecule has 3 nitrogen and oxygen atoms in total. The minimum Gasteiger partial charge on any atom is -0.489 e. The Hall–Kier alpha value is -2.47. The fourth-order valence-corrected chi connectivity index (χ4v) is 2.54. The molecule has 0 radical (unpaired) electrons. The molecule has 1 N–H and O–H groups in total. The van der Waals surface area contributed by atoms with Crippen molar-refractivity contribution in [3.8, 4) is 11.8 Å². The van der Waals surface area contributed by atoms with Gasteiger partial charge in [0.05, 0.1) is 23.4 Å². The quantitative estimate of drug-likeness (QED) is 0.853. The highest BCUT2D eigenvalue weighted by atomic mass is 16.5. The summed E-state index contributed by atoms with van der Waals surface area (Å²) in [5, 5.41) is 12.5. The maximum atomic E-state index is 8.98. The number of ether oxygens (including phenoxy) is 1. The maximum Gasteiger partial charge on any atom is 0.142 e. The second-order valence-electron chi connectivity index (χ2n) is 5.19. The average molecular weight is 264 g/mol. The van der Waals surface area contributed by atoms with Crippen LogP contribution in [0.4, 0.5) is 5.69 Å². The van der Waals surface area contributed by atoms with E-state index < -0.39 is 0 Å². The summed E-state index contributed by atoms with van der Waals surface area (Å²) in [6, 6.07) is 14.2. The van der Waals surface area contributed by atoms with Gasteiger partial charge in [-0.05, 0) is 43.2 Å². The lowest BCUT2D eigenvalue weighted by molar-refractivity contribution is 0.286. The van der Waals surface area contributed by atoms with Crippen LogP contribution in [0, 0.1) is 25.2 Å². The van der Waals surface area contributed by atoms with Crippen LogP contribution in [0.1, 0.15) is 28.3 Å². The van der Waals surface area contributed by atoms with E-state index in [-0.39, 0.29) is 6.04 Å². The Kier molecular flexibility index (Phi) is 3.08. The molecule has 0 spiro atoms. The van der Waals surface area contributed by atoms with Crippen molar-refractivity contribution in [3.05, 3.63) is 58.7 Å². The summed E-state index contributed by atoms with van der Waals surface area (Å²) in [5.41, 5.74) is 5.27. The summed E-state index contributed by atoms with van der Waals surface area (Å²) in [6.45, 7) is 4.80. The molecule has 0 amide bonds. The van der Waals surface area contributed by atoms with Crippen LogP contribution in [-0.4, -0.2) is 6.61 Å². The van der Waals surface area contributed by atoms with Gasteiger partial charge in [-0.15, -0.1) is 0 Å². The van der Waals surface area contributed by atoms with Gasteiger partial charge in [-0.1, -0.05) is 23.8 Å². The number of hydrogen-bond donors (Lipinski definition) is 1. The smallest absolute Gasteiger partial charge is 0.142 e. The first-order valence-electron chi connectivity index (χ1n) is 6.68. The fourth-order valence-electron chi connectivity index (χ4n) is 2.54. The molecule has 0 aliphatic carbocycles. The highest BCUT2D eigenvalue weighted by Gasteiger charge is 2.22. The van der Waals surface area contributed by atoms with Gasteiger partial charge in [-0.25, -0.2) is 0 Å². The Labute approximate surface area is 118 Å². The van der Waals surface area contributed by atoms with Crippen LogP contribution in [0.25, 0.3) is 0 Å². The van der Waals surface area contributed by atoms with Gasteiger partial charge in [0.15, 0.2) is 0 Å². The summed E-state index contributed by atoms with van der Waals surface area (Å²) >= 11 is 0. The van der Waals surface area contributed by atoms with Crippen molar-refractivity contribution in [3.63, 3.8) is 0 Å². The molecule has 0 bridgehead atoms. The topological polar surface area (TPSA) is 45.0 Å². The van der Waals surface area contributed by atoms with Gasteiger partial charge in [-0.3, -0.25) is 0 Å². The molecule has 3 heteroatoms. The third-order valence-electron chi connectivity index (χ3n) is 3.65. The Bertz CT molecular complexity index is 701. The van der Waals surface area contributed by atoms with Gasteiger partial charge in [0.1, 0.15) is 12.4 Å². The SMILES string of the molecule is Cc1ccc(C)c(C2COc3ccc(C#N)cc3N2)c1. The van der Waals surface area contributed by atoms with Crippen LogP contribution in [-0.2, 0) is 0 Å². The molecule has 1 aliphatic rings. The molecule has 20 heavy (non-hydrogen) atoms. The molecule has 0 fully saturated rings. The summed E-state index contributed by atoms with van der Waals surface area (Å²) in [6.07, 6.45) is 0. The molecule has 0 saturated heterocycles. The van der Waals surface area contributed by atoms with E-state index in [0.717, 1.165) is 11.4 Å². The number of hydrogen-bond acceptors (Lipinski definition) is 3. The van der Waals surface area contributed by atoms with E-state index in [9.17, 15) is 0 Å². The molecule has 1 heterocycles. The number of nitrogens with one attached hydrogen (secondary N) is 1. The fraction of sp³-hybridized carbons (Fsp3) is 0.235. The lowest BCUT2D eigenvalue weighted by Crippen LogP contribution is -2.24. The Balaban J connectivity index is 1.95. The highest BCUT2D eigenvalue weighted by molar-refractivity contribution is 5.62. The first kappa shape index (κ1) is 12.6. The molecule has 1 atom stereocenters. The number of fused-ring (bicyclic) bond motifs is 1. The standard InChI is InChI=1S/C17H16N2O/c1-11-3-4-12(2)14(7-11)16-10-20-17-6-5-13(9-18)8-15(17)19-16/h3-8,16,19H,10H2,1-2H3. The van der Waals surface area contributed by atoms with E-state index in [4.69, 9.17) is 10.00 Å². The van der Waals surface area contributed by atoms with Crippen molar-refractivity contribution >= 4 is 5.69 Å². The van der Waals surface area contributed by atoms with Crippen molar-refractivity contribution in [1.29, 1.82) is 5.26 Å². The number of anilines is 1. The number of nitriles is 1. The minimum absolute atomic E-state index is 0.122. The summed E-state index contributed by atoms with van der Waals surface area (Å²) in [4.78, 5) is 0. The van der Waals surface area contributed by atoms with Crippen LogP contribution in [0.15, 0.2) is 36.4 Å². The lowest BCUT2D eigenvalue weighted by Gasteiger charge is -2.29. The predicted octanol–water partition coefficient (Wildman–Crippen LogP) is 3.72. The molecule has 1 unspecified atom stereocenters. The molecule has 0 saturated carbocycles. The summed E-state index contributed by atoms with van der Waals surface area (Å²) in [5.74, 6) is 0.811. The largest absolute Gasteiger partial charge is 0.489 e. The van der Waals surface area contributed by atoms with Crippen molar-refractivity contribution in [1.82, 2.24) is 0 Å². The van der Waals surface area contributed by atoms with Crippen molar-refractivity contribution in [2.75, 3.05) is 11.9 Å². The van der Waals surface area contributed by atoms with E-state index in [0.29, 0.717) is 12.2 Å². The zero-order valence-corrected chi connectivity index (χ0v) is 11.6.